The summed E-state index contributed by atoms with van der Waals surface area (Å²) >= 11 is 1.59. The number of benzene rings is 1. The summed E-state index contributed by atoms with van der Waals surface area (Å²) in [5, 5.41) is 28.0. The highest BCUT2D eigenvalue weighted by Crippen LogP contribution is 2.34. The van der Waals surface area contributed by atoms with Gasteiger partial charge in [-0.25, -0.2) is 15.0 Å². The van der Waals surface area contributed by atoms with Gasteiger partial charge in [-0.2, -0.15) is 0 Å². The minimum atomic E-state index is -0.722. The van der Waals surface area contributed by atoms with Gasteiger partial charge in [-0.15, -0.1) is 11.3 Å². The number of aliphatic hydroxyl groups excluding tert-OH is 3. The van der Waals surface area contributed by atoms with E-state index in [4.69, 9.17) is 16.6 Å². The van der Waals surface area contributed by atoms with Crippen LogP contribution in [-0.4, -0.2) is 49.1 Å². The van der Waals surface area contributed by atoms with E-state index in [1.54, 1.807) is 11.3 Å². The summed E-state index contributed by atoms with van der Waals surface area (Å²) in [5.41, 5.74) is 14.1. The third-order valence-corrected chi connectivity index (χ3v) is 6.23. The third-order valence-electron chi connectivity index (χ3n) is 5.18. The van der Waals surface area contributed by atoms with E-state index >= 15 is 0 Å². The fourth-order valence-corrected chi connectivity index (χ4v) is 4.62. The Labute approximate surface area is 173 Å². The zero-order valence-corrected chi connectivity index (χ0v) is 17.3. The summed E-state index contributed by atoms with van der Waals surface area (Å²) in [6.07, 6.45) is -0.643. The van der Waals surface area contributed by atoms with E-state index in [0.717, 1.165) is 32.9 Å². The molecule has 4 atom stereocenters. The predicted molar refractivity (Wildman–Crippen MR) is 114 cm³/mol. The van der Waals surface area contributed by atoms with Crippen LogP contribution in [0.4, 0.5) is 5.82 Å². The summed E-state index contributed by atoms with van der Waals surface area (Å²) in [7, 11) is 0. The second-order valence-electron chi connectivity index (χ2n) is 7.31. The predicted octanol–water partition coefficient (Wildman–Crippen LogP) is 1.46. The molecule has 4 rings (SSSR count). The molecule has 0 aliphatic heterocycles. The number of thiazole rings is 1. The molecule has 0 bridgehead atoms. The van der Waals surface area contributed by atoms with Gasteiger partial charge in [-0.3, -0.25) is 0 Å². The van der Waals surface area contributed by atoms with Crippen LogP contribution in [0.15, 0.2) is 24.3 Å². The average molecular weight is 418 g/mol. The Morgan fingerprint density at radius 2 is 1.86 bits per heavy atom. The number of para-hydroxylation sites is 1. The SMILES string of the molecule is CC1C[C@H](CO)[C@@H](O)[C@H]1O.Cc1nc(CN)nc(N)c1-c1nc2ccccc2s1. The van der Waals surface area contributed by atoms with Crippen molar-refractivity contribution in [1.82, 2.24) is 15.0 Å². The molecule has 8 nitrogen and oxygen atoms in total. The fourth-order valence-electron chi connectivity index (χ4n) is 3.54. The lowest BCUT2D eigenvalue weighted by Gasteiger charge is -2.13. The Bertz CT molecular complexity index is 924. The molecule has 2 heterocycles. The molecule has 2 aromatic heterocycles. The molecule has 0 radical (unpaired) electrons. The van der Waals surface area contributed by atoms with Crippen molar-refractivity contribution in [3.05, 3.63) is 35.8 Å². The number of nitrogens with zero attached hydrogens (tertiary/aromatic N) is 3. The molecule has 156 valence electrons. The normalized spacial score (nSPS) is 23.8. The summed E-state index contributed by atoms with van der Waals surface area (Å²) in [6.45, 7) is 4.04. The molecule has 0 saturated heterocycles. The van der Waals surface area contributed by atoms with Gasteiger partial charge in [0.15, 0.2) is 0 Å². The molecule has 3 aromatic rings. The maximum Gasteiger partial charge on any atom is 0.144 e. The fraction of sp³-hybridized carbons (Fsp3) is 0.450. The van der Waals surface area contributed by atoms with E-state index in [1.807, 2.05) is 38.1 Å². The molecule has 0 spiro atoms. The second-order valence-corrected chi connectivity index (χ2v) is 8.34. The average Bonchev–Trinajstić information content (AvgIpc) is 3.23. The summed E-state index contributed by atoms with van der Waals surface area (Å²) in [6, 6.07) is 7.98. The number of anilines is 1. The summed E-state index contributed by atoms with van der Waals surface area (Å²) in [5.74, 6) is 0.990. The standard InChI is InChI=1S/C13H13N5S.C7H14O3/c1-7-11(12(15)18-10(6-14)16-7)13-17-8-4-2-3-5-9(8)19-13;1-4-2-5(3-8)7(10)6(4)9/h2-5H,6,14H2,1H3,(H2,15,16,18);4-10H,2-3H2,1H3/t;4?,5-,6+,7-/m.1/s1. The molecule has 7 N–H and O–H groups in total. The zero-order chi connectivity index (χ0) is 21.1. The smallest absolute Gasteiger partial charge is 0.144 e. The van der Waals surface area contributed by atoms with Crippen molar-refractivity contribution in [2.24, 2.45) is 17.6 Å². The van der Waals surface area contributed by atoms with Gasteiger partial charge >= 0.3 is 0 Å². The Balaban J connectivity index is 0.000000204. The van der Waals surface area contributed by atoms with E-state index in [2.05, 4.69) is 15.0 Å². The van der Waals surface area contributed by atoms with Crippen LogP contribution < -0.4 is 11.5 Å². The lowest BCUT2D eigenvalue weighted by Crippen LogP contribution is -2.28. The number of aryl methyl sites for hydroxylation is 1. The van der Waals surface area contributed by atoms with Gasteiger partial charge in [-0.05, 0) is 31.4 Å². The Hall–Kier alpha value is -2.17. The second kappa shape index (κ2) is 9.10. The van der Waals surface area contributed by atoms with Crippen molar-refractivity contribution < 1.29 is 15.3 Å². The van der Waals surface area contributed by atoms with Crippen LogP contribution in [0.5, 0.6) is 0 Å². The molecule has 1 unspecified atom stereocenters. The maximum absolute atomic E-state index is 9.22. The minimum absolute atomic E-state index is 0.0252. The van der Waals surface area contributed by atoms with Gasteiger partial charge in [0.2, 0.25) is 0 Å². The number of nitrogens with two attached hydrogens (primary N) is 2. The van der Waals surface area contributed by atoms with Gasteiger partial charge in [0.25, 0.3) is 0 Å². The highest BCUT2D eigenvalue weighted by Gasteiger charge is 2.38. The number of aliphatic hydroxyl groups is 3. The van der Waals surface area contributed by atoms with E-state index < -0.39 is 12.2 Å². The largest absolute Gasteiger partial charge is 0.396 e. The monoisotopic (exact) mass is 417 g/mol. The molecule has 1 aliphatic carbocycles. The lowest BCUT2D eigenvalue weighted by molar-refractivity contribution is -0.00366. The highest BCUT2D eigenvalue weighted by atomic mass is 32.1. The van der Waals surface area contributed by atoms with E-state index in [1.165, 1.54) is 0 Å². The van der Waals surface area contributed by atoms with Crippen molar-refractivity contribution >= 4 is 27.4 Å². The number of rotatable bonds is 3. The van der Waals surface area contributed by atoms with Gasteiger partial charge < -0.3 is 26.8 Å². The van der Waals surface area contributed by atoms with Crippen LogP contribution in [0.3, 0.4) is 0 Å². The molecule has 1 aliphatic rings. The Morgan fingerprint density at radius 3 is 2.38 bits per heavy atom. The number of fused-ring (bicyclic) bond motifs is 1. The third kappa shape index (κ3) is 4.54. The van der Waals surface area contributed by atoms with Gasteiger partial charge in [0.1, 0.15) is 16.6 Å². The van der Waals surface area contributed by atoms with Crippen LogP contribution in [0.2, 0.25) is 0 Å². The minimum Gasteiger partial charge on any atom is -0.396 e. The number of hydrogen-bond acceptors (Lipinski definition) is 9. The molecular weight excluding hydrogens is 390 g/mol. The lowest BCUT2D eigenvalue weighted by atomic mass is 10.1. The summed E-state index contributed by atoms with van der Waals surface area (Å²) < 4.78 is 1.12. The molecule has 1 saturated carbocycles. The van der Waals surface area contributed by atoms with Gasteiger partial charge in [0.05, 0.1) is 40.2 Å². The van der Waals surface area contributed by atoms with E-state index in [-0.39, 0.29) is 25.0 Å². The highest BCUT2D eigenvalue weighted by molar-refractivity contribution is 7.21. The van der Waals surface area contributed by atoms with Crippen molar-refractivity contribution in [2.45, 2.75) is 39.0 Å². The molecule has 0 amide bonds. The van der Waals surface area contributed by atoms with Crippen LogP contribution >= 0.6 is 11.3 Å². The Morgan fingerprint density at radius 1 is 1.14 bits per heavy atom. The molecular formula is C20H27N5O3S. The first kappa shape index (κ1) is 21.5. The van der Waals surface area contributed by atoms with Crippen LogP contribution in [0, 0.1) is 18.8 Å². The van der Waals surface area contributed by atoms with Gasteiger partial charge in [-0.1, -0.05) is 19.1 Å². The molecule has 1 fully saturated rings. The Kier molecular flexibility index (Phi) is 6.76. The first-order chi connectivity index (χ1) is 13.8. The van der Waals surface area contributed by atoms with Crippen LogP contribution in [0.25, 0.3) is 20.8 Å². The van der Waals surface area contributed by atoms with Crippen molar-refractivity contribution in [3.63, 3.8) is 0 Å². The van der Waals surface area contributed by atoms with Crippen LogP contribution in [-0.2, 0) is 6.54 Å². The summed E-state index contributed by atoms with van der Waals surface area (Å²) in [4.78, 5) is 13.1. The zero-order valence-electron chi connectivity index (χ0n) is 16.5. The van der Waals surface area contributed by atoms with Crippen molar-refractivity contribution in [1.29, 1.82) is 0 Å². The first-order valence-corrected chi connectivity index (χ1v) is 10.3. The molecule has 29 heavy (non-hydrogen) atoms. The van der Waals surface area contributed by atoms with Crippen LogP contribution in [0.1, 0.15) is 24.9 Å². The number of aromatic nitrogens is 3. The molecule has 1 aromatic carbocycles. The maximum atomic E-state index is 9.22. The van der Waals surface area contributed by atoms with E-state index in [9.17, 15) is 10.2 Å². The topological polar surface area (TPSA) is 151 Å². The van der Waals surface area contributed by atoms with Crippen molar-refractivity contribution in [2.75, 3.05) is 12.3 Å². The number of nitrogen functional groups attached to an aromatic ring is 1. The first-order valence-electron chi connectivity index (χ1n) is 9.51. The van der Waals surface area contributed by atoms with Gasteiger partial charge in [0, 0.05) is 12.5 Å². The number of hydrogen-bond donors (Lipinski definition) is 5. The van der Waals surface area contributed by atoms with Crippen molar-refractivity contribution in [3.8, 4) is 10.6 Å². The molecule has 9 heteroatoms. The quantitative estimate of drug-likeness (QED) is 0.429. The van der Waals surface area contributed by atoms with E-state index in [0.29, 0.717) is 11.6 Å².